The molecule has 1 N–H and O–H groups in total. The summed E-state index contributed by atoms with van der Waals surface area (Å²) in [6.07, 6.45) is -9.81. The molecule has 46 heavy (non-hydrogen) atoms. The molecule has 2 aromatic rings. The van der Waals surface area contributed by atoms with Gasteiger partial charge >= 0.3 is 30.5 Å². The maximum atomic E-state index is 13.8. The van der Waals surface area contributed by atoms with Crippen LogP contribution < -0.4 is 10.2 Å². The molecule has 2 saturated heterocycles. The smallest absolute Gasteiger partial charge is 0.416 e. The Morgan fingerprint density at radius 3 is 1.93 bits per heavy atom. The van der Waals surface area contributed by atoms with Crippen LogP contribution in [0.25, 0.3) is 0 Å². The number of rotatable bonds is 4. The fourth-order valence-electron chi connectivity index (χ4n) is 5.78. The van der Waals surface area contributed by atoms with Crippen molar-refractivity contribution in [3.8, 4) is 0 Å². The number of carbonyl (C=O) groups excluding carboxylic acids is 3. The van der Waals surface area contributed by atoms with Crippen molar-refractivity contribution in [3.63, 3.8) is 0 Å². The molecule has 5 amide bonds. The molecule has 0 bridgehead atoms. The fourth-order valence-corrected chi connectivity index (χ4v) is 5.78. The number of anilines is 1. The third kappa shape index (κ3) is 7.58. The molecule has 2 aliphatic heterocycles. The van der Waals surface area contributed by atoms with Crippen molar-refractivity contribution in [2.24, 2.45) is 0 Å². The van der Waals surface area contributed by atoms with Gasteiger partial charge in [0.15, 0.2) is 0 Å². The molecule has 2 heterocycles. The van der Waals surface area contributed by atoms with Gasteiger partial charge in [0.2, 0.25) is 0 Å². The Bertz CT molecular complexity index is 1410. The summed E-state index contributed by atoms with van der Waals surface area (Å²) in [4.78, 5) is 43.8. The van der Waals surface area contributed by atoms with Crippen molar-refractivity contribution in [3.05, 3.63) is 65.0 Å². The van der Waals surface area contributed by atoms with Gasteiger partial charge in [0.25, 0.3) is 0 Å². The maximum absolute atomic E-state index is 13.8. The van der Waals surface area contributed by atoms with E-state index in [0.29, 0.717) is 48.5 Å². The highest BCUT2D eigenvalue weighted by Gasteiger charge is 2.43. The number of methoxy groups -OCH3 is 1. The molecule has 2 aromatic carbocycles. The molecular weight excluding hydrogens is 627 g/mol. The van der Waals surface area contributed by atoms with Crippen LogP contribution in [0.4, 0.5) is 50.8 Å². The number of ether oxygens (including phenoxy) is 1. The molecule has 2 aliphatic rings. The Morgan fingerprint density at radius 1 is 0.891 bits per heavy atom. The number of alkyl halides is 6. The largest absolute Gasteiger partial charge is 0.453 e. The first-order chi connectivity index (χ1) is 21.3. The van der Waals surface area contributed by atoms with Gasteiger partial charge in [-0.05, 0) is 55.7 Å². The van der Waals surface area contributed by atoms with Gasteiger partial charge in [-0.1, -0.05) is 12.1 Å². The van der Waals surface area contributed by atoms with E-state index in [1.807, 2.05) is 6.92 Å². The first kappa shape index (κ1) is 34.6. The number of likely N-dealkylation sites (tertiary alicyclic amines) is 2. The van der Waals surface area contributed by atoms with Gasteiger partial charge in [-0.15, -0.1) is 0 Å². The average molecular weight is 662 g/mol. The highest BCUT2D eigenvalue weighted by Crippen LogP contribution is 2.39. The Labute approximate surface area is 260 Å². The lowest BCUT2D eigenvalue weighted by atomic mass is 9.90. The van der Waals surface area contributed by atoms with E-state index in [4.69, 9.17) is 4.74 Å². The number of likely N-dealkylation sites (N-methyl/N-ethyl adjacent to an activating group) is 1. The van der Waals surface area contributed by atoms with E-state index in [2.05, 4.69) is 5.32 Å². The summed E-state index contributed by atoms with van der Waals surface area (Å²) < 4.78 is 99.4. The van der Waals surface area contributed by atoms with E-state index in [1.54, 1.807) is 0 Å². The summed E-state index contributed by atoms with van der Waals surface area (Å²) in [5.74, 6) is -1.09. The van der Waals surface area contributed by atoms with Crippen molar-refractivity contribution in [2.75, 3.05) is 52.3 Å². The normalized spacial score (nSPS) is 19.9. The third-order valence-corrected chi connectivity index (χ3v) is 8.63. The van der Waals surface area contributed by atoms with E-state index in [-0.39, 0.29) is 19.2 Å². The molecule has 2 fully saturated rings. The van der Waals surface area contributed by atoms with Gasteiger partial charge in [-0.25, -0.2) is 18.8 Å². The van der Waals surface area contributed by atoms with Crippen LogP contribution >= 0.6 is 0 Å². The predicted molar refractivity (Wildman–Crippen MR) is 153 cm³/mol. The van der Waals surface area contributed by atoms with Gasteiger partial charge in [-0.2, -0.15) is 26.3 Å². The second-order valence-electron chi connectivity index (χ2n) is 11.8. The summed E-state index contributed by atoms with van der Waals surface area (Å²) >= 11 is 0. The van der Waals surface area contributed by atoms with Crippen molar-refractivity contribution in [1.29, 1.82) is 0 Å². The highest BCUT2D eigenvalue weighted by molar-refractivity contribution is 5.92. The van der Waals surface area contributed by atoms with Crippen LogP contribution in [0.1, 0.15) is 42.4 Å². The quantitative estimate of drug-likeness (QED) is 0.399. The topological polar surface area (TPSA) is 85.4 Å². The number of carbonyl (C=O) groups is 3. The monoisotopic (exact) mass is 661 g/mol. The molecule has 16 heteroatoms. The Kier molecular flexibility index (Phi) is 9.69. The predicted octanol–water partition coefficient (Wildman–Crippen LogP) is 6.15. The standard InChI is InChI=1S/C30H34F7N5O4/c1-28(9-11-41(12-10-28)27(45)46-4)38-25(43)42-16-23(18-5-7-21(31)8-6-18)24(17-42)40(3)26(44)39(2)22-14-19(29(32,33)34)13-20(15-22)30(35,36)37/h5-8,13-15,23-24H,9-12,16-17H2,1-4H3,(H,38,43)/t23-,24+/m0/s1. The van der Waals surface area contributed by atoms with Crippen molar-refractivity contribution >= 4 is 23.8 Å². The molecule has 9 nitrogen and oxygen atoms in total. The molecule has 0 aliphatic carbocycles. The summed E-state index contributed by atoms with van der Waals surface area (Å²) in [5.41, 5.74) is -3.87. The molecule has 0 aromatic heterocycles. The number of hydrogen-bond acceptors (Lipinski definition) is 4. The van der Waals surface area contributed by atoms with Gasteiger partial charge < -0.3 is 24.8 Å². The lowest BCUT2D eigenvalue weighted by Gasteiger charge is -2.40. The molecule has 0 saturated carbocycles. The van der Waals surface area contributed by atoms with Gasteiger partial charge in [-0.3, -0.25) is 4.90 Å². The number of halogens is 7. The molecule has 4 rings (SSSR count). The summed E-state index contributed by atoms with van der Waals surface area (Å²) in [5, 5.41) is 3.00. The minimum atomic E-state index is -5.11. The lowest BCUT2D eigenvalue weighted by Crippen LogP contribution is -2.57. The lowest BCUT2D eigenvalue weighted by molar-refractivity contribution is -0.143. The SMILES string of the molecule is COC(=O)N1CCC(C)(NC(=O)N2C[C@@H](N(C)C(=O)N(C)c3cc(C(F)(F)F)cc(C(F)(F)F)c3)[C@H](c3ccc(F)cc3)C2)CC1. The van der Waals surface area contributed by atoms with Crippen LogP contribution in [0.3, 0.4) is 0 Å². The zero-order valence-corrected chi connectivity index (χ0v) is 25.5. The van der Waals surface area contributed by atoms with E-state index in [1.165, 1.54) is 48.2 Å². The van der Waals surface area contributed by atoms with E-state index in [9.17, 15) is 45.1 Å². The van der Waals surface area contributed by atoms with E-state index >= 15 is 0 Å². The molecule has 0 unspecified atom stereocenters. The minimum absolute atomic E-state index is 0.0245. The summed E-state index contributed by atoms with van der Waals surface area (Å²) in [6.45, 7) is 2.57. The van der Waals surface area contributed by atoms with Gasteiger partial charge in [0.05, 0.1) is 24.3 Å². The van der Waals surface area contributed by atoms with Crippen LogP contribution in [0.2, 0.25) is 0 Å². The van der Waals surface area contributed by atoms with Gasteiger partial charge in [0.1, 0.15) is 5.82 Å². The average Bonchev–Trinajstić information content (AvgIpc) is 3.45. The molecule has 252 valence electrons. The number of hydrogen-bond donors (Lipinski definition) is 1. The second-order valence-corrected chi connectivity index (χ2v) is 11.8. The summed E-state index contributed by atoms with van der Waals surface area (Å²) in [7, 11) is 3.67. The van der Waals surface area contributed by atoms with Gasteiger partial charge in [0, 0.05) is 57.4 Å². The highest BCUT2D eigenvalue weighted by atomic mass is 19.4. The van der Waals surface area contributed by atoms with E-state index in [0.717, 1.165) is 11.9 Å². The number of piperidine rings is 1. The zero-order chi connectivity index (χ0) is 34.2. The Balaban J connectivity index is 1.57. The van der Waals surface area contributed by atoms with Crippen LogP contribution in [-0.4, -0.2) is 91.8 Å². The summed E-state index contributed by atoms with van der Waals surface area (Å²) in [6, 6.07) is 4.11. The molecule has 0 radical (unpaired) electrons. The number of urea groups is 2. The number of nitrogens with one attached hydrogen (secondary N) is 1. The Hall–Kier alpha value is -4.24. The second kappa shape index (κ2) is 12.9. The van der Waals surface area contributed by atoms with Crippen molar-refractivity contribution < 1.29 is 49.9 Å². The van der Waals surface area contributed by atoms with Crippen LogP contribution in [0.15, 0.2) is 42.5 Å². The van der Waals surface area contributed by atoms with Crippen LogP contribution in [0.5, 0.6) is 0 Å². The van der Waals surface area contributed by atoms with Crippen LogP contribution in [-0.2, 0) is 17.1 Å². The molecule has 0 spiro atoms. The van der Waals surface area contributed by atoms with Crippen molar-refractivity contribution in [2.45, 2.75) is 49.6 Å². The molecule has 2 atom stereocenters. The van der Waals surface area contributed by atoms with E-state index < -0.39 is 70.6 Å². The number of benzene rings is 2. The fraction of sp³-hybridized carbons (Fsp3) is 0.500. The zero-order valence-electron chi connectivity index (χ0n) is 25.5. The number of amides is 5. The minimum Gasteiger partial charge on any atom is -0.453 e. The first-order valence-corrected chi connectivity index (χ1v) is 14.3. The third-order valence-electron chi connectivity index (χ3n) is 8.63. The number of nitrogens with zero attached hydrogens (tertiary/aromatic N) is 4. The Morgan fingerprint density at radius 2 is 1.43 bits per heavy atom. The first-order valence-electron chi connectivity index (χ1n) is 14.3. The van der Waals surface area contributed by atoms with Crippen LogP contribution in [0, 0.1) is 5.82 Å². The maximum Gasteiger partial charge on any atom is 0.416 e. The van der Waals surface area contributed by atoms with Crippen molar-refractivity contribution in [1.82, 2.24) is 20.0 Å². The molecular formula is C30H34F7N5O4.